The summed E-state index contributed by atoms with van der Waals surface area (Å²) >= 11 is 0. The monoisotopic (exact) mass is 193 g/mol. The first-order valence-electron chi connectivity index (χ1n) is 5.27. The Kier molecular flexibility index (Phi) is 1.96. The average molecular weight is 193 g/mol. The topological polar surface area (TPSA) is 54.7 Å². The van der Waals surface area contributed by atoms with Gasteiger partial charge in [0.1, 0.15) is 0 Å². The molecule has 14 heavy (non-hydrogen) atoms. The van der Waals surface area contributed by atoms with Gasteiger partial charge in [-0.3, -0.25) is 5.10 Å². The molecule has 0 saturated heterocycles. The van der Waals surface area contributed by atoms with Gasteiger partial charge in [-0.15, -0.1) is 0 Å². The van der Waals surface area contributed by atoms with Gasteiger partial charge in [0.15, 0.2) is 0 Å². The van der Waals surface area contributed by atoms with Crippen LogP contribution in [0.2, 0.25) is 0 Å². The lowest BCUT2D eigenvalue weighted by molar-refractivity contribution is 0.249. The molecule has 0 bridgehead atoms. The van der Waals surface area contributed by atoms with Crippen molar-refractivity contribution >= 4 is 0 Å². The molecule has 1 fully saturated rings. The zero-order chi connectivity index (χ0) is 10.4. The van der Waals surface area contributed by atoms with E-state index in [0.717, 1.165) is 12.8 Å². The summed E-state index contributed by atoms with van der Waals surface area (Å²) in [6.45, 7) is 6.56. The number of nitrogens with two attached hydrogens (primary N) is 1. The molecule has 3 heteroatoms. The average Bonchev–Trinajstić information content (AvgIpc) is 2.46. The molecule has 1 saturated carbocycles. The maximum atomic E-state index is 6.31. The maximum Gasteiger partial charge on any atom is 0.0541 e. The first kappa shape index (κ1) is 9.71. The third-order valence-corrected chi connectivity index (χ3v) is 3.17. The van der Waals surface area contributed by atoms with Gasteiger partial charge in [0, 0.05) is 22.2 Å². The smallest absolute Gasteiger partial charge is 0.0541 e. The van der Waals surface area contributed by atoms with E-state index in [2.05, 4.69) is 31.0 Å². The number of nitrogens with zero attached hydrogens (tertiary/aromatic N) is 1. The molecule has 1 aromatic rings. The molecule has 1 aromatic heterocycles. The molecule has 0 spiro atoms. The summed E-state index contributed by atoms with van der Waals surface area (Å²) in [6.07, 6.45) is 5.33. The van der Waals surface area contributed by atoms with E-state index in [0.29, 0.717) is 0 Å². The molecule has 0 aliphatic heterocycles. The van der Waals surface area contributed by atoms with E-state index in [1.807, 2.05) is 6.20 Å². The van der Waals surface area contributed by atoms with E-state index in [1.165, 1.54) is 17.7 Å². The number of rotatable bonds is 1. The Labute approximate surface area is 85.1 Å². The third-order valence-electron chi connectivity index (χ3n) is 3.17. The number of H-pyrrole nitrogens is 1. The zero-order valence-corrected chi connectivity index (χ0v) is 9.22. The number of nitrogens with one attached hydrogen (secondary N) is 1. The second kappa shape index (κ2) is 2.83. The molecular formula is C11H19N3. The molecule has 78 valence electrons. The highest BCUT2D eigenvalue weighted by atomic mass is 15.1. The van der Waals surface area contributed by atoms with Crippen LogP contribution in [0.1, 0.15) is 51.3 Å². The molecule has 1 heterocycles. The summed E-state index contributed by atoms with van der Waals surface area (Å²) in [6, 6.07) is 0. The second-order valence-electron chi connectivity index (χ2n) is 5.42. The molecular weight excluding hydrogens is 174 g/mol. The molecule has 0 amide bonds. The molecule has 0 radical (unpaired) electrons. The third kappa shape index (κ3) is 1.36. The normalized spacial score (nSPS) is 20.6. The lowest BCUT2D eigenvalue weighted by Gasteiger charge is -2.39. The minimum atomic E-state index is -0.102. The molecule has 2 rings (SSSR count). The minimum Gasteiger partial charge on any atom is -0.321 e. The van der Waals surface area contributed by atoms with Gasteiger partial charge in [0.25, 0.3) is 0 Å². The number of hydrogen-bond donors (Lipinski definition) is 2. The van der Waals surface area contributed by atoms with Gasteiger partial charge in [-0.25, -0.2) is 0 Å². The second-order valence-corrected chi connectivity index (χ2v) is 5.42. The Morgan fingerprint density at radius 3 is 2.50 bits per heavy atom. The number of hydrogen-bond acceptors (Lipinski definition) is 2. The van der Waals surface area contributed by atoms with Crippen LogP contribution >= 0.6 is 0 Å². The van der Waals surface area contributed by atoms with Crippen LogP contribution in [0.25, 0.3) is 0 Å². The van der Waals surface area contributed by atoms with Crippen molar-refractivity contribution in [3.8, 4) is 0 Å². The summed E-state index contributed by atoms with van der Waals surface area (Å²) in [7, 11) is 0. The number of aromatic nitrogens is 2. The molecule has 3 N–H and O–H groups in total. The largest absolute Gasteiger partial charge is 0.321 e. The fraction of sp³-hybridized carbons (Fsp3) is 0.727. The quantitative estimate of drug-likeness (QED) is 0.717. The highest BCUT2D eigenvalue weighted by Crippen LogP contribution is 2.42. The SMILES string of the molecule is CC(C)(C)c1[nH]ncc1C1(N)CCC1. The highest BCUT2D eigenvalue weighted by molar-refractivity contribution is 5.32. The van der Waals surface area contributed by atoms with E-state index < -0.39 is 0 Å². The molecule has 1 aliphatic carbocycles. The summed E-state index contributed by atoms with van der Waals surface area (Å²) in [5, 5.41) is 7.22. The first-order chi connectivity index (χ1) is 6.43. The molecule has 0 aromatic carbocycles. The predicted molar refractivity (Wildman–Crippen MR) is 57.0 cm³/mol. The van der Waals surface area contributed by atoms with E-state index in [-0.39, 0.29) is 11.0 Å². The number of aromatic amines is 1. The Morgan fingerprint density at radius 2 is 2.07 bits per heavy atom. The Bertz CT molecular complexity index is 329. The van der Waals surface area contributed by atoms with Crippen LogP contribution in [-0.4, -0.2) is 10.2 Å². The first-order valence-corrected chi connectivity index (χ1v) is 5.27. The lowest BCUT2D eigenvalue weighted by Crippen LogP contribution is -2.44. The van der Waals surface area contributed by atoms with E-state index in [4.69, 9.17) is 5.73 Å². The fourth-order valence-corrected chi connectivity index (χ4v) is 2.06. The van der Waals surface area contributed by atoms with Crippen LogP contribution in [0.5, 0.6) is 0 Å². The molecule has 0 atom stereocenters. The van der Waals surface area contributed by atoms with Gasteiger partial charge < -0.3 is 5.73 Å². The zero-order valence-electron chi connectivity index (χ0n) is 9.22. The Morgan fingerprint density at radius 1 is 1.43 bits per heavy atom. The van der Waals surface area contributed by atoms with Gasteiger partial charge in [-0.05, 0) is 19.3 Å². The van der Waals surface area contributed by atoms with Crippen molar-refractivity contribution in [3.63, 3.8) is 0 Å². The summed E-state index contributed by atoms with van der Waals surface area (Å²) in [5.41, 5.74) is 8.72. The van der Waals surface area contributed by atoms with Crippen LogP contribution in [0.4, 0.5) is 0 Å². The highest BCUT2D eigenvalue weighted by Gasteiger charge is 2.39. The maximum absolute atomic E-state index is 6.31. The van der Waals surface area contributed by atoms with Gasteiger partial charge >= 0.3 is 0 Å². The van der Waals surface area contributed by atoms with Gasteiger partial charge in [-0.1, -0.05) is 20.8 Å². The van der Waals surface area contributed by atoms with Crippen molar-refractivity contribution < 1.29 is 0 Å². The van der Waals surface area contributed by atoms with Crippen molar-refractivity contribution in [1.29, 1.82) is 0 Å². The Hall–Kier alpha value is -0.830. The molecule has 0 unspecified atom stereocenters. The van der Waals surface area contributed by atoms with Crippen molar-refractivity contribution in [2.24, 2.45) is 5.73 Å². The van der Waals surface area contributed by atoms with Crippen LogP contribution in [0, 0.1) is 0 Å². The lowest BCUT2D eigenvalue weighted by atomic mass is 9.70. The van der Waals surface area contributed by atoms with E-state index >= 15 is 0 Å². The summed E-state index contributed by atoms with van der Waals surface area (Å²) in [5.74, 6) is 0. The van der Waals surface area contributed by atoms with Crippen molar-refractivity contribution in [1.82, 2.24) is 10.2 Å². The molecule has 1 aliphatic rings. The Balaban J connectivity index is 2.39. The van der Waals surface area contributed by atoms with E-state index in [1.54, 1.807) is 0 Å². The summed E-state index contributed by atoms with van der Waals surface area (Å²) in [4.78, 5) is 0. The minimum absolute atomic E-state index is 0.102. The van der Waals surface area contributed by atoms with Crippen molar-refractivity contribution in [2.45, 2.75) is 51.0 Å². The van der Waals surface area contributed by atoms with Crippen LogP contribution < -0.4 is 5.73 Å². The summed E-state index contributed by atoms with van der Waals surface area (Å²) < 4.78 is 0. The van der Waals surface area contributed by atoms with Gasteiger partial charge in [-0.2, -0.15) is 5.10 Å². The van der Waals surface area contributed by atoms with Crippen LogP contribution in [0.15, 0.2) is 6.20 Å². The van der Waals surface area contributed by atoms with E-state index in [9.17, 15) is 0 Å². The van der Waals surface area contributed by atoms with Crippen molar-refractivity contribution in [3.05, 3.63) is 17.5 Å². The predicted octanol–water partition coefficient (Wildman–Crippen LogP) is 2.05. The standard InChI is InChI=1S/C11H19N3/c1-10(2,3)9-8(7-13-14-9)11(12)5-4-6-11/h7H,4-6,12H2,1-3H3,(H,13,14). The molecule has 3 nitrogen and oxygen atoms in total. The van der Waals surface area contributed by atoms with Crippen molar-refractivity contribution in [2.75, 3.05) is 0 Å². The van der Waals surface area contributed by atoms with Gasteiger partial charge in [0.2, 0.25) is 0 Å². The fourth-order valence-electron chi connectivity index (χ4n) is 2.06. The van der Waals surface area contributed by atoms with Crippen LogP contribution in [0.3, 0.4) is 0 Å². The van der Waals surface area contributed by atoms with Gasteiger partial charge in [0.05, 0.1) is 6.20 Å². The van der Waals surface area contributed by atoms with Crippen LogP contribution in [-0.2, 0) is 11.0 Å².